The lowest BCUT2D eigenvalue weighted by Crippen LogP contribution is -2.47. The predicted molar refractivity (Wildman–Crippen MR) is 97.3 cm³/mol. The summed E-state index contributed by atoms with van der Waals surface area (Å²) in [6, 6.07) is 0. The lowest BCUT2D eigenvalue weighted by atomic mass is 9.77. The minimum Gasteiger partial charge on any atom is -0.378 e. The molecule has 0 aliphatic carbocycles. The summed E-state index contributed by atoms with van der Waals surface area (Å²) in [7, 11) is 0. The number of rotatable bonds is 11. The molecule has 0 radical (unpaired) electrons. The normalized spacial score (nSPS) is 16.1. The van der Waals surface area contributed by atoms with Crippen LogP contribution in [0.3, 0.4) is 0 Å². The van der Waals surface area contributed by atoms with E-state index in [9.17, 15) is 0 Å². The Hall–Kier alpha value is -0.0800. The van der Waals surface area contributed by atoms with Gasteiger partial charge in [0.25, 0.3) is 0 Å². The van der Waals surface area contributed by atoms with Crippen LogP contribution in [-0.2, 0) is 9.47 Å². The van der Waals surface area contributed by atoms with E-state index in [0.717, 1.165) is 19.4 Å². The maximum absolute atomic E-state index is 6.63. The number of hydrogen-bond donors (Lipinski definition) is 0. The van der Waals surface area contributed by atoms with Crippen LogP contribution in [0.2, 0.25) is 0 Å². The summed E-state index contributed by atoms with van der Waals surface area (Å²) < 4.78 is 12.7. The molecule has 0 aromatic rings. The smallest absolute Gasteiger partial charge is 0.0753 e. The Balaban J connectivity index is 4.86. The predicted octanol–water partition coefficient (Wildman–Crippen LogP) is 5.94. The van der Waals surface area contributed by atoms with Crippen molar-refractivity contribution in [2.75, 3.05) is 6.61 Å². The van der Waals surface area contributed by atoms with Gasteiger partial charge in [0.15, 0.2) is 0 Å². The van der Waals surface area contributed by atoms with Gasteiger partial charge < -0.3 is 9.47 Å². The molecule has 0 spiro atoms. The maximum atomic E-state index is 6.63. The molecule has 0 amide bonds. The average molecular weight is 315 g/mol. The monoisotopic (exact) mass is 314 g/mol. The van der Waals surface area contributed by atoms with E-state index >= 15 is 0 Å². The zero-order valence-electron chi connectivity index (χ0n) is 16.9. The van der Waals surface area contributed by atoms with Crippen LogP contribution in [0.1, 0.15) is 82.1 Å². The van der Waals surface area contributed by atoms with Gasteiger partial charge in [0.2, 0.25) is 0 Å². The first-order valence-corrected chi connectivity index (χ1v) is 9.32. The van der Waals surface area contributed by atoms with E-state index in [-0.39, 0.29) is 5.60 Å². The Morgan fingerprint density at radius 2 is 1.27 bits per heavy atom. The van der Waals surface area contributed by atoms with Crippen molar-refractivity contribution in [2.24, 2.45) is 23.7 Å². The van der Waals surface area contributed by atoms with Crippen molar-refractivity contribution in [1.82, 2.24) is 0 Å². The Morgan fingerprint density at radius 1 is 0.773 bits per heavy atom. The third kappa shape index (κ3) is 7.00. The highest BCUT2D eigenvalue weighted by Crippen LogP contribution is 2.36. The fourth-order valence-electron chi connectivity index (χ4n) is 3.26. The molecule has 22 heavy (non-hydrogen) atoms. The quantitative estimate of drug-likeness (QED) is 0.470. The Morgan fingerprint density at radius 3 is 1.64 bits per heavy atom. The fraction of sp³-hybridized carbons (Fsp3) is 1.00. The van der Waals surface area contributed by atoms with Crippen LogP contribution in [-0.4, -0.2) is 24.4 Å². The first-order chi connectivity index (χ1) is 10.0. The molecule has 2 nitrogen and oxygen atoms in total. The van der Waals surface area contributed by atoms with Gasteiger partial charge in [-0.15, -0.1) is 0 Å². The second-order valence-corrected chi connectivity index (χ2v) is 8.39. The lowest BCUT2D eigenvalue weighted by molar-refractivity contribution is -0.161. The number of hydrogen-bond acceptors (Lipinski definition) is 2. The standard InChI is InChI=1S/C20H42O2/c1-14(2)13-18(9)22-20(16(5)6,17(7)8)11-12-21-19(10)15(3)4/h14-19H,11-13H2,1-10H3. The van der Waals surface area contributed by atoms with E-state index < -0.39 is 0 Å². The lowest BCUT2D eigenvalue weighted by Gasteiger charge is -2.44. The van der Waals surface area contributed by atoms with Gasteiger partial charge >= 0.3 is 0 Å². The molecular weight excluding hydrogens is 272 g/mol. The molecule has 0 aromatic heterocycles. The first kappa shape index (κ1) is 21.9. The van der Waals surface area contributed by atoms with Crippen LogP contribution in [0.25, 0.3) is 0 Å². The third-order valence-electron chi connectivity index (χ3n) is 4.99. The van der Waals surface area contributed by atoms with E-state index in [1.165, 1.54) is 0 Å². The van der Waals surface area contributed by atoms with Crippen LogP contribution in [0, 0.1) is 23.7 Å². The second-order valence-electron chi connectivity index (χ2n) is 8.39. The van der Waals surface area contributed by atoms with Crippen molar-refractivity contribution in [3.8, 4) is 0 Å². The van der Waals surface area contributed by atoms with Crippen LogP contribution in [0.5, 0.6) is 0 Å². The molecule has 0 bridgehead atoms. The Kier molecular flexibility index (Phi) is 9.89. The Bertz CT molecular complexity index is 273. The summed E-state index contributed by atoms with van der Waals surface area (Å²) in [6.45, 7) is 23.3. The van der Waals surface area contributed by atoms with Crippen molar-refractivity contribution in [1.29, 1.82) is 0 Å². The molecule has 0 saturated heterocycles. The molecule has 2 unspecified atom stereocenters. The summed E-state index contributed by atoms with van der Waals surface area (Å²) in [5, 5.41) is 0. The highest BCUT2D eigenvalue weighted by Gasteiger charge is 2.39. The highest BCUT2D eigenvalue weighted by molar-refractivity contribution is 4.88. The van der Waals surface area contributed by atoms with E-state index in [0.29, 0.717) is 35.9 Å². The topological polar surface area (TPSA) is 18.5 Å². The molecule has 134 valence electrons. The zero-order valence-corrected chi connectivity index (χ0v) is 16.9. The van der Waals surface area contributed by atoms with Gasteiger partial charge in [0.05, 0.1) is 17.8 Å². The molecule has 0 aliphatic rings. The van der Waals surface area contributed by atoms with Gasteiger partial charge in [-0.2, -0.15) is 0 Å². The van der Waals surface area contributed by atoms with Crippen LogP contribution >= 0.6 is 0 Å². The van der Waals surface area contributed by atoms with Crippen molar-refractivity contribution >= 4 is 0 Å². The van der Waals surface area contributed by atoms with Gasteiger partial charge in [0.1, 0.15) is 0 Å². The summed E-state index contributed by atoms with van der Waals surface area (Å²) in [5.74, 6) is 2.21. The van der Waals surface area contributed by atoms with Crippen LogP contribution in [0.4, 0.5) is 0 Å². The van der Waals surface area contributed by atoms with E-state index in [2.05, 4.69) is 69.2 Å². The SMILES string of the molecule is CC(C)CC(C)OC(CCOC(C)C(C)C)(C(C)C)C(C)C. The molecule has 0 rings (SSSR count). The Labute approximate surface area is 140 Å². The van der Waals surface area contributed by atoms with Crippen molar-refractivity contribution in [3.05, 3.63) is 0 Å². The van der Waals surface area contributed by atoms with Gasteiger partial charge in [0, 0.05) is 13.0 Å². The largest absolute Gasteiger partial charge is 0.378 e. The van der Waals surface area contributed by atoms with Crippen molar-refractivity contribution in [2.45, 2.75) is 99.9 Å². The van der Waals surface area contributed by atoms with Gasteiger partial charge in [-0.1, -0.05) is 55.4 Å². The van der Waals surface area contributed by atoms with Gasteiger partial charge in [-0.05, 0) is 43.9 Å². The van der Waals surface area contributed by atoms with Gasteiger partial charge in [-0.3, -0.25) is 0 Å². The molecule has 0 aliphatic heterocycles. The maximum Gasteiger partial charge on any atom is 0.0753 e. The minimum absolute atomic E-state index is 0.0923. The summed E-state index contributed by atoms with van der Waals surface area (Å²) in [5.41, 5.74) is -0.0923. The van der Waals surface area contributed by atoms with E-state index in [4.69, 9.17) is 9.47 Å². The molecule has 2 heteroatoms. The molecule has 0 fully saturated rings. The number of ether oxygens (including phenoxy) is 2. The molecule has 0 aromatic carbocycles. The van der Waals surface area contributed by atoms with Crippen molar-refractivity contribution in [3.63, 3.8) is 0 Å². The van der Waals surface area contributed by atoms with E-state index in [1.54, 1.807) is 0 Å². The van der Waals surface area contributed by atoms with E-state index in [1.807, 2.05) is 0 Å². The average Bonchev–Trinajstić information content (AvgIpc) is 2.35. The fourth-order valence-corrected chi connectivity index (χ4v) is 3.26. The first-order valence-electron chi connectivity index (χ1n) is 9.32. The highest BCUT2D eigenvalue weighted by atomic mass is 16.5. The molecule has 0 saturated carbocycles. The molecular formula is C20H42O2. The zero-order chi connectivity index (χ0) is 17.5. The summed E-state index contributed by atoms with van der Waals surface area (Å²) >= 11 is 0. The summed E-state index contributed by atoms with van der Waals surface area (Å²) in [6.07, 6.45) is 2.70. The minimum atomic E-state index is -0.0923. The summed E-state index contributed by atoms with van der Waals surface area (Å²) in [4.78, 5) is 0. The van der Waals surface area contributed by atoms with Gasteiger partial charge in [-0.25, -0.2) is 0 Å². The second kappa shape index (κ2) is 9.93. The van der Waals surface area contributed by atoms with Crippen molar-refractivity contribution < 1.29 is 9.47 Å². The molecule has 0 heterocycles. The third-order valence-corrected chi connectivity index (χ3v) is 4.99. The molecule has 2 atom stereocenters. The van der Waals surface area contributed by atoms with Crippen LogP contribution in [0.15, 0.2) is 0 Å². The van der Waals surface area contributed by atoms with Crippen LogP contribution < -0.4 is 0 Å². The molecule has 0 N–H and O–H groups in total.